The summed E-state index contributed by atoms with van der Waals surface area (Å²) >= 11 is 7.86. The van der Waals surface area contributed by atoms with E-state index in [1.54, 1.807) is 11.3 Å². The van der Waals surface area contributed by atoms with E-state index in [4.69, 9.17) is 16.6 Å². The average Bonchev–Trinajstić information content (AvgIpc) is 3.06. The Morgan fingerprint density at radius 3 is 2.56 bits per heavy atom. The van der Waals surface area contributed by atoms with Crippen LogP contribution >= 0.6 is 22.9 Å². The number of halogens is 1. The topological polar surface area (TPSA) is 28.5 Å². The molecule has 0 saturated carbocycles. The molecule has 1 heterocycles. The van der Waals surface area contributed by atoms with E-state index in [9.17, 15) is 0 Å². The van der Waals surface area contributed by atoms with Crippen LogP contribution in [0.25, 0.3) is 11.3 Å². The molecule has 0 atom stereocenters. The zero-order chi connectivity index (χ0) is 17.8. The van der Waals surface area contributed by atoms with Crippen molar-refractivity contribution in [1.29, 1.82) is 0 Å². The van der Waals surface area contributed by atoms with Gasteiger partial charge in [-0.25, -0.2) is 9.99 Å². The number of anilines is 1. The van der Waals surface area contributed by atoms with Crippen LogP contribution < -0.4 is 5.01 Å². The standard InChI is InChI=1S/C20H20ClN3S/c1-14(2)24(22-12-16-9-5-4-8-15(16)3)20-23-19(13-25-20)17-10-6-7-11-18(17)21/h4-14H,1-3H3/b22-12+. The van der Waals surface area contributed by atoms with Gasteiger partial charge in [0.2, 0.25) is 5.13 Å². The molecule has 5 heteroatoms. The number of rotatable bonds is 5. The van der Waals surface area contributed by atoms with Crippen LogP contribution in [0.4, 0.5) is 5.13 Å². The Hall–Kier alpha value is -2.17. The van der Waals surface area contributed by atoms with Crippen molar-refractivity contribution in [2.24, 2.45) is 5.10 Å². The van der Waals surface area contributed by atoms with Crippen LogP contribution in [0.1, 0.15) is 25.0 Å². The third-order valence-corrected chi connectivity index (χ3v) is 5.00. The molecule has 0 fully saturated rings. The molecule has 3 nitrogen and oxygen atoms in total. The van der Waals surface area contributed by atoms with E-state index in [1.807, 2.05) is 53.0 Å². The Morgan fingerprint density at radius 1 is 1.12 bits per heavy atom. The minimum absolute atomic E-state index is 0.200. The van der Waals surface area contributed by atoms with Crippen LogP contribution in [0.5, 0.6) is 0 Å². The lowest BCUT2D eigenvalue weighted by atomic mass is 10.1. The van der Waals surface area contributed by atoms with Gasteiger partial charge in [-0.05, 0) is 38.0 Å². The minimum Gasteiger partial charge on any atom is -0.237 e. The van der Waals surface area contributed by atoms with Crippen LogP contribution in [0.3, 0.4) is 0 Å². The Kier molecular flexibility index (Phi) is 5.51. The van der Waals surface area contributed by atoms with Crippen LogP contribution in [0.15, 0.2) is 59.0 Å². The highest BCUT2D eigenvalue weighted by Gasteiger charge is 2.15. The quantitative estimate of drug-likeness (QED) is 0.406. The second kappa shape index (κ2) is 7.81. The number of aromatic nitrogens is 1. The number of aryl methyl sites for hydroxylation is 1. The largest absolute Gasteiger partial charge is 0.237 e. The predicted molar refractivity (Wildman–Crippen MR) is 109 cm³/mol. The fourth-order valence-electron chi connectivity index (χ4n) is 2.42. The zero-order valence-electron chi connectivity index (χ0n) is 14.5. The van der Waals surface area contributed by atoms with Crippen molar-refractivity contribution in [3.05, 3.63) is 70.1 Å². The predicted octanol–water partition coefficient (Wildman–Crippen LogP) is 6.02. The van der Waals surface area contributed by atoms with Crippen molar-refractivity contribution in [1.82, 2.24) is 4.98 Å². The van der Waals surface area contributed by atoms with Crippen molar-refractivity contribution >= 4 is 34.3 Å². The summed E-state index contributed by atoms with van der Waals surface area (Å²) in [5.74, 6) is 0. The molecule has 0 amide bonds. The molecule has 25 heavy (non-hydrogen) atoms. The summed E-state index contributed by atoms with van der Waals surface area (Å²) in [7, 11) is 0. The Morgan fingerprint density at radius 2 is 1.84 bits per heavy atom. The van der Waals surface area contributed by atoms with Gasteiger partial charge < -0.3 is 0 Å². The first-order chi connectivity index (χ1) is 12.1. The molecule has 0 unspecified atom stereocenters. The number of nitrogens with zero attached hydrogens (tertiary/aromatic N) is 3. The van der Waals surface area contributed by atoms with Gasteiger partial charge >= 0.3 is 0 Å². The lowest BCUT2D eigenvalue weighted by Gasteiger charge is -2.20. The monoisotopic (exact) mass is 369 g/mol. The van der Waals surface area contributed by atoms with Crippen molar-refractivity contribution in [2.45, 2.75) is 26.8 Å². The summed E-state index contributed by atoms with van der Waals surface area (Å²) in [6, 6.07) is 16.2. The normalized spacial score (nSPS) is 11.4. The maximum atomic E-state index is 6.29. The first-order valence-electron chi connectivity index (χ1n) is 8.15. The van der Waals surface area contributed by atoms with E-state index in [1.165, 1.54) is 5.56 Å². The molecule has 2 aromatic carbocycles. The summed E-state index contributed by atoms with van der Waals surface area (Å²) in [6.07, 6.45) is 1.89. The van der Waals surface area contributed by atoms with E-state index in [0.717, 1.165) is 22.0 Å². The molecular weight excluding hydrogens is 350 g/mol. The van der Waals surface area contributed by atoms with Gasteiger partial charge in [-0.15, -0.1) is 11.3 Å². The number of benzene rings is 2. The molecule has 0 bridgehead atoms. The van der Waals surface area contributed by atoms with E-state index >= 15 is 0 Å². The molecule has 0 N–H and O–H groups in total. The third kappa shape index (κ3) is 4.09. The molecular formula is C20H20ClN3S. The summed E-state index contributed by atoms with van der Waals surface area (Å²) in [4.78, 5) is 4.74. The van der Waals surface area contributed by atoms with E-state index in [-0.39, 0.29) is 6.04 Å². The molecule has 3 rings (SSSR count). The van der Waals surface area contributed by atoms with Crippen LogP contribution in [0, 0.1) is 6.92 Å². The van der Waals surface area contributed by atoms with Gasteiger partial charge in [-0.2, -0.15) is 5.10 Å². The van der Waals surface area contributed by atoms with Gasteiger partial charge in [0.1, 0.15) is 0 Å². The molecule has 1 aromatic heterocycles. The summed E-state index contributed by atoms with van der Waals surface area (Å²) < 4.78 is 0. The maximum absolute atomic E-state index is 6.29. The average molecular weight is 370 g/mol. The first-order valence-corrected chi connectivity index (χ1v) is 9.41. The van der Waals surface area contributed by atoms with Gasteiger partial charge in [0, 0.05) is 22.0 Å². The lowest BCUT2D eigenvalue weighted by molar-refractivity contribution is 0.713. The second-order valence-electron chi connectivity index (χ2n) is 6.03. The number of hydrogen-bond donors (Lipinski definition) is 0. The lowest BCUT2D eigenvalue weighted by Crippen LogP contribution is -2.25. The Labute approximate surface area is 157 Å². The van der Waals surface area contributed by atoms with Crippen molar-refractivity contribution in [2.75, 3.05) is 5.01 Å². The molecule has 3 aromatic rings. The van der Waals surface area contributed by atoms with Crippen molar-refractivity contribution in [3.63, 3.8) is 0 Å². The third-order valence-electron chi connectivity index (χ3n) is 3.84. The number of hydrogen-bond acceptors (Lipinski definition) is 4. The smallest absolute Gasteiger partial charge is 0.206 e. The van der Waals surface area contributed by atoms with Crippen molar-refractivity contribution < 1.29 is 0 Å². The SMILES string of the molecule is Cc1ccccc1/C=N/N(c1nc(-c2ccccc2Cl)cs1)C(C)C. The van der Waals surface area contributed by atoms with Gasteiger partial charge in [0.15, 0.2) is 0 Å². The van der Waals surface area contributed by atoms with Gasteiger partial charge in [-0.3, -0.25) is 0 Å². The highest BCUT2D eigenvalue weighted by Crippen LogP contribution is 2.32. The molecule has 0 aliphatic rings. The van der Waals surface area contributed by atoms with Crippen LogP contribution in [-0.4, -0.2) is 17.2 Å². The molecule has 0 radical (unpaired) electrons. The second-order valence-corrected chi connectivity index (χ2v) is 7.28. The van der Waals surface area contributed by atoms with E-state index in [2.05, 4.69) is 38.0 Å². The summed E-state index contributed by atoms with van der Waals surface area (Å²) in [5.41, 5.74) is 4.13. The molecule has 0 aliphatic heterocycles. The highest BCUT2D eigenvalue weighted by molar-refractivity contribution is 7.14. The van der Waals surface area contributed by atoms with Gasteiger partial charge in [0.05, 0.1) is 11.9 Å². The fraction of sp³-hybridized carbons (Fsp3) is 0.200. The molecule has 0 saturated heterocycles. The van der Waals surface area contributed by atoms with E-state index in [0.29, 0.717) is 5.02 Å². The van der Waals surface area contributed by atoms with Crippen molar-refractivity contribution in [3.8, 4) is 11.3 Å². The molecule has 0 spiro atoms. The van der Waals surface area contributed by atoms with E-state index < -0.39 is 0 Å². The Bertz CT molecular complexity index is 886. The van der Waals surface area contributed by atoms with Gasteiger partial charge in [-0.1, -0.05) is 54.1 Å². The minimum atomic E-state index is 0.200. The fourth-order valence-corrected chi connectivity index (χ4v) is 3.57. The summed E-state index contributed by atoms with van der Waals surface area (Å²) in [6.45, 7) is 6.29. The maximum Gasteiger partial charge on any atom is 0.206 e. The molecule has 0 aliphatic carbocycles. The zero-order valence-corrected chi connectivity index (χ0v) is 16.1. The van der Waals surface area contributed by atoms with Crippen LogP contribution in [-0.2, 0) is 0 Å². The first kappa shape index (κ1) is 17.6. The highest BCUT2D eigenvalue weighted by atomic mass is 35.5. The molecule has 128 valence electrons. The number of hydrazone groups is 1. The van der Waals surface area contributed by atoms with Crippen LogP contribution in [0.2, 0.25) is 5.02 Å². The summed E-state index contributed by atoms with van der Waals surface area (Å²) in [5, 5.41) is 10.2. The number of thiazole rings is 1. The Balaban J connectivity index is 1.90. The van der Waals surface area contributed by atoms with Gasteiger partial charge in [0.25, 0.3) is 0 Å².